The van der Waals surface area contributed by atoms with Crippen molar-refractivity contribution in [3.05, 3.63) is 62.4 Å². The Balaban J connectivity index is 2.55. The standard InChI is InChI=1S/C14H13N3O2Te2/c1-8-4-3-5-11-10(8)7-6-9(2)12(11)15-13(18)16(20)17(21)14(15)19/h3-7,20-21H,1-2H3. The van der Waals surface area contributed by atoms with Gasteiger partial charge in [-0.3, -0.25) is 0 Å². The second kappa shape index (κ2) is 5.34. The number of aromatic nitrogens is 3. The van der Waals surface area contributed by atoms with Crippen molar-refractivity contribution < 1.29 is 0 Å². The van der Waals surface area contributed by atoms with Gasteiger partial charge < -0.3 is 0 Å². The van der Waals surface area contributed by atoms with Crippen LogP contribution >= 0.6 is 0 Å². The van der Waals surface area contributed by atoms with Crippen LogP contribution in [0.4, 0.5) is 0 Å². The maximum absolute atomic E-state index is 12.4. The van der Waals surface area contributed by atoms with Crippen LogP contribution in [0.15, 0.2) is 39.9 Å². The molecule has 0 saturated carbocycles. The first-order valence-corrected chi connectivity index (χ1v) is 8.56. The first-order valence-electron chi connectivity index (χ1n) is 6.28. The predicted molar refractivity (Wildman–Crippen MR) is 86.4 cm³/mol. The van der Waals surface area contributed by atoms with Crippen LogP contribution in [0.5, 0.6) is 0 Å². The van der Waals surface area contributed by atoms with Gasteiger partial charge in [0.1, 0.15) is 0 Å². The van der Waals surface area contributed by atoms with Crippen molar-refractivity contribution in [2.24, 2.45) is 0 Å². The molecule has 0 fully saturated rings. The maximum atomic E-state index is 12.4. The van der Waals surface area contributed by atoms with E-state index in [0.29, 0.717) is 5.69 Å². The van der Waals surface area contributed by atoms with Crippen LogP contribution in [0.1, 0.15) is 11.1 Å². The molecule has 0 aliphatic heterocycles. The molecule has 0 aliphatic rings. The van der Waals surface area contributed by atoms with E-state index in [1.165, 1.54) is 55.6 Å². The van der Waals surface area contributed by atoms with Crippen LogP contribution < -0.4 is 11.4 Å². The number of fused-ring (bicyclic) bond motifs is 1. The third-order valence-electron chi connectivity index (χ3n) is 3.58. The average Bonchev–Trinajstić information content (AvgIpc) is 2.64. The van der Waals surface area contributed by atoms with Crippen molar-refractivity contribution in [3.63, 3.8) is 0 Å². The molecule has 7 heteroatoms. The Labute approximate surface area is 147 Å². The van der Waals surface area contributed by atoms with E-state index >= 15 is 0 Å². The van der Waals surface area contributed by atoms with Crippen LogP contribution in [0.2, 0.25) is 0 Å². The zero-order chi connectivity index (χ0) is 15.3. The fraction of sp³-hybridized carbons (Fsp3) is 0.143. The molecule has 0 aliphatic carbocycles. The van der Waals surface area contributed by atoms with Crippen LogP contribution in [0, 0.1) is 13.8 Å². The van der Waals surface area contributed by atoms with Crippen LogP contribution in [-0.4, -0.2) is 55.6 Å². The van der Waals surface area contributed by atoms with Crippen molar-refractivity contribution in [1.29, 1.82) is 0 Å². The molecule has 0 unspecified atom stereocenters. The average molecular weight is 510 g/mol. The van der Waals surface area contributed by atoms with Crippen LogP contribution in [0.3, 0.4) is 0 Å². The Morgan fingerprint density at radius 2 is 1.43 bits per heavy atom. The van der Waals surface area contributed by atoms with Gasteiger partial charge >= 0.3 is 148 Å². The zero-order valence-corrected chi connectivity index (χ0v) is 16.5. The summed E-state index contributed by atoms with van der Waals surface area (Å²) in [6, 6.07) is 9.92. The number of benzene rings is 2. The second-order valence-electron chi connectivity index (χ2n) is 4.88. The van der Waals surface area contributed by atoms with Gasteiger partial charge in [-0.1, -0.05) is 0 Å². The van der Waals surface area contributed by atoms with E-state index < -0.39 is 0 Å². The molecule has 108 valence electrons. The Morgan fingerprint density at radius 3 is 2.05 bits per heavy atom. The molecule has 21 heavy (non-hydrogen) atoms. The summed E-state index contributed by atoms with van der Waals surface area (Å²) in [5, 5.41) is 1.99. The molecule has 0 radical (unpaired) electrons. The van der Waals surface area contributed by atoms with Crippen molar-refractivity contribution >= 4 is 55.9 Å². The summed E-state index contributed by atoms with van der Waals surface area (Å²) < 4.78 is 4.05. The Hall–Kier alpha value is -0.981. The van der Waals surface area contributed by atoms with E-state index in [1.807, 2.05) is 44.2 Å². The molecule has 1 heterocycles. The molecule has 0 bridgehead atoms. The number of rotatable bonds is 1. The SMILES string of the molecule is Cc1ccc2c(C)cccc2c1-n1c(=O)n([TeH])n([TeH])c1=O. The summed E-state index contributed by atoms with van der Waals surface area (Å²) in [4.78, 5) is 24.8. The van der Waals surface area contributed by atoms with Crippen molar-refractivity contribution in [2.75, 3.05) is 0 Å². The van der Waals surface area contributed by atoms with Gasteiger partial charge in [-0.25, -0.2) is 0 Å². The molecule has 1 aromatic heterocycles. The summed E-state index contributed by atoms with van der Waals surface area (Å²) in [7, 11) is 0. The summed E-state index contributed by atoms with van der Waals surface area (Å²) in [6.45, 7) is 3.95. The summed E-state index contributed by atoms with van der Waals surface area (Å²) in [5.74, 6) is 0. The van der Waals surface area contributed by atoms with Crippen LogP contribution in [0.25, 0.3) is 16.5 Å². The summed E-state index contributed by atoms with van der Waals surface area (Å²) in [5.41, 5.74) is 2.13. The van der Waals surface area contributed by atoms with Gasteiger partial charge in [-0.2, -0.15) is 0 Å². The molecule has 0 spiro atoms. The molecule has 5 nitrogen and oxygen atoms in total. The molecule has 3 rings (SSSR count). The minimum absolute atomic E-state index is 0.299. The summed E-state index contributed by atoms with van der Waals surface area (Å²) in [6.07, 6.45) is 0. The third kappa shape index (κ3) is 2.20. The molecular formula is C14H13N3O2Te2. The van der Waals surface area contributed by atoms with Crippen molar-refractivity contribution in [3.8, 4) is 5.69 Å². The second-order valence-corrected chi connectivity index (χ2v) is 7.04. The topological polar surface area (TPSA) is 48.9 Å². The molecule has 0 atom stereocenters. The van der Waals surface area contributed by atoms with Crippen molar-refractivity contribution in [2.45, 2.75) is 13.8 Å². The fourth-order valence-corrected chi connectivity index (χ4v) is 3.47. The van der Waals surface area contributed by atoms with Gasteiger partial charge in [0.25, 0.3) is 0 Å². The van der Waals surface area contributed by atoms with Gasteiger partial charge in [0.15, 0.2) is 0 Å². The van der Waals surface area contributed by atoms with E-state index in [9.17, 15) is 9.59 Å². The van der Waals surface area contributed by atoms with E-state index in [4.69, 9.17) is 0 Å². The molecule has 0 saturated heterocycles. The third-order valence-corrected chi connectivity index (χ3v) is 6.83. The minimum atomic E-state index is -0.299. The van der Waals surface area contributed by atoms with Gasteiger partial charge in [-0.05, 0) is 0 Å². The monoisotopic (exact) mass is 515 g/mol. The van der Waals surface area contributed by atoms with Gasteiger partial charge in [-0.15, -0.1) is 0 Å². The van der Waals surface area contributed by atoms with E-state index in [-0.39, 0.29) is 11.4 Å². The molecule has 2 aromatic carbocycles. The summed E-state index contributed by atoms with van der Waals surface area (Å²) >= 11 is 2.40. The first-order chi connectivity index (χ1) is 9.93. The fourth-order valence-electron chi connectivity index (χ4n) is 2.52. The van der Waals surface area contributed by atoms with E-state index in [0.717, 1.165) is 21.9 Å². The molecule has 0 amide bonds. The Morgan fingerprint density at radius 1 is 0.810 bits per heavy atom. The molecular weight excluding hydrogens is 497 g/mol. The van der Waals surface area contributed by atoms with Gasteiger partial charge in [0, 0.05) is 0 Å². The first kappa shape index (κ1) is 14.9. The molecule has 3 aromatic rings. The quantitative estimate of drug-likeness (QED) is 0.430. The van der Waals surface area contributed by atoms with Gasteiger partial charge in [0.2, 0.25) is 0 Å². The van der Waals surface area contributed by atoms with E-state index in [2.05, 4.69) is 0 Å². The van der Waals surface area contributed by atoms with E-state index in [1.54, 1.807) is 0 Å². The number of aryl methyl sites for hydroxylation is 2. The van der Waals surface area contributed by atoms with Crippen LogP contribution in [-0.2, 0) is 0 Å². The number of hydrogen-bond donors (Lipinski definition) is 0. The number of hydrogen-bond acceptors (Lipinski definition) is 2. The van der Waals surface area contributed by atoms with Gasteiger partial charge in [0.05, 0.1) is 0 Å². The normalized spacial score (nSPS) is 11.2. The zero-order valence-electron chi connectivity index (χ0n) is 11.4. The Bertz CT molecular complexity index is 949. The predicted octanol–water partition coefficient (Wildman–Crippen LogP) is -0.101. The molecule has 0 N–H and O–H groups in total. The van der Waals surface area contributed by atoms with Crippen molar-refractivity contribution in [1.82, 2.24) is 10.4 Å². The Kier molecular flexibility index (Phi) is 3.80. The number of nitrogens with zero attached hydrogens (tertiary/aromatic N) is 3.